The first-order chi connectivity index (χ1) is 15.0. The zero-order chi connectivity index (χ0) is 23.6. The molecule has 2 aliphatic rings. The molecule has 0 atom stereocenters. The summed E-state index contributed by atoms with van der Waals surface area (Å²) in [5.74, 6) is -16.8. The summed E-state index contributed by atoms with van der Waals surface area (Å²) in [4.78, 5) is 22.4. The third kappa shape index (κ3) is 2.71. The fourth-order valence-corrected chi connectivity index (χ4v) is 3.39. The molecule has 0 amide bonds. The summed E-state index contributed by atoms with van der Waals surface area (Å²) in [5.41, 5.74) is -8.33. The highest BCUT2D eigenvalue weighted by molar-refractivity contribution is 6.03. The molecule has 1 heterocycles. The van der Waals surface area contributed by atoms with E-state index < -0.39 is 96.6 Å². The largest absolute Gasteiger partial charge is 0.450 e. The molecule has 2 aromatic carbocycles. The fraction of sp³-hybridized carbons (Fsp3) is 0.0500. The quantitative estimate of drug-likeness (QED) is 0.115. The molecule has 0 radical (unpaired) electrons. The van der Waals surface area contributed by atoms with Gasteiger partial charge in [-0.05, 0) is 29.8 Å². The van der Waals surface area contributed by atoms with Crippen LogP contribution in [0.15, 0.2) is 26.5 Å². The van der Waals surface area contributed by atoms with Gasteiger partial charge in [-0.25, -0.2) is 30.7 Å². The maximum Gasteiger partial charge on any atom is 0.253 e. The van der Waals surface area contributed by atoms with Crippen LogP contribution in [0.25, 0.3) is 33.4 Å². The second-order valence-electron chi connectivity index (χ2n) is 6.60. The topological polar surface area (TPSA) is 59.6 Å². The summed E-state index contributed by atoms with van der Waals surface area (Å²) >= 11 is 0. The monoisotopic (exact) mass is 459 g/mol. The van der Waals surface area contributed by atoms with Crippen molar-refractivity contribution >= 4 is 16.7 Å². The van der Waals surface area contributed by atoms with Crippen LogP contribution in [0, 0.1) is 58.4 Å². The zero-order valence-electron chi connectivity index (χ0n) is 15.4. The Morgan fingerprint density at radius 2 is 1.38 bits per heavy atom. The number of halogens is 8. The van der Waals surface area contributed by atoms with Crippen molar-refractivity contribution in [3.8, 4) is 22.5 Å². The maximum absolute atomic E-state index is 14.8. The van der Waals surface area contributed by atoms with Crippen LogP contribution in [0.2, 0.25) is 0 Å². The molecule has 0 aromatic heterocycles. The van der Waals surface area contributed by atoms with Gasteiger partial charge in [0, 0.05) is 22.1 Å². The van der Waals surface area contributed by atoms with E-state index in [2.05, 4.69) is 5.18 Å². The van der Waals surface area contributed by atoms with E-state index in [9.17, 15) is 44.8 Å². The van der Waals surface area contributed by atoms with Crippen molar-refractivity contribution in [1.82, 2.24) is 0 Å². The van der Waals surface area contributed by atoms with Crippen LogP contribution >= 0.6 is 0 Å². The van der Waals surface area contributed by atoms with Crippen molar-refractivity contribution in [2.45, 2.75) is 6.92 Å². The van der Waals surface area contributed by atoms with Gasteiger partial charge in [0.15, 0.2) is 57.8 Å². The first kappa shape index (κ1) is 21.4. The normalized spacial score (nSPS) is 11.5. The molecule has 0 saturated heterocycles. The Morgan fingerprint density at radius 1 is 0.750 bits per heavy atom. The first-order valence-corrected chi connectivity index (χ1v) is 8.44. The van der Waals surface area contributed by atoms with E-state index in [1.165, 1.54) is 0 Å². The number of rotatable bonds is 2. The molecule has 4 rings (SSSR count). The summed E-state index contributed by atoms with van der Waals surface area (Å²) in [6.07, 6.45) is 0. The van der Waals surface area contributed by atoms with Crippen molar-refractivity contribution in [3.05, 3.63) is 79.4 Å². The number of hydrogen-bond acceptors (Lipinski definition) is 4. The molecule has 0 bridgehead atoms. The van der Waals surface area contributed by atoms with E-state index in [0.29, 0.717) is 12.1 Å². The van der Waals surface area contributed by atoms with Crippen molar-refractivity contribution in [2.24, 2.45) is 5.18 Å². The van der Waals surface area contributed by atoms with E-state index in [4.69, 9.17) is 4.42 Å². The molecular weight excluding hydrogens is 454 g/mol. The molecule has 0 unspecified atom stereocenters. The summed E-state index contributed by atoms with van der Waals surface area (Å²) in [5, 5.41) is 1.27. The van der Waals surface area contributed by atoms with Gasteiger partial charge in [-0.2, -0.15) is 4.39 Å². The Labute approximate surface area is 171 Å². The molecule has 0 saturated carbocycles. The van der Waals surface area contributed by atoms with Gasteiger partial charge in [0.2, 0.25) is 5.82 Å². The van der Waals surface area contributed by atoms with Gasteiger partial charge in [-0.15, -0.1) is 4.91 Å². The Morgan fingerprint density at radius 3 is 2.00 bits per heavy atom. The van der Waals surface area contributed by atoms with E-state index in [0.717, 1.165) is 6.92 Å². The molecular formula is C20H5F8NO3. The summed E-state index contributed by atoms with van der Waals surface area (Å²) < 4.78 is 119. The van der Waals surface area contributed by atoms with E-state index in [1.807, 2.05) is 0 Å². The van der Waals surface area contributed by atoms with Gasteiger partial charge in [-0.3, -0.25) is 4.79 Å². The highest BCUT2D eigenvalue weighted by atomic mass is 19.2. The van der Waals surface area contributed by atoms with E-state index in [1.54, 1.807) is 0 Å². The average molecular weight is 459 g/mol. The molecule has 164 valence electrons. The predicted octanol–water partition coefficient (Wildman–Crippen LogP) is 6.38. The van der Waals surface area contributed by atoms with Crippen LogP contribution in [0.1, 0.15) is 5.56 Å². The van der Waals surface area contributed by atoms with Crippen LogP contribution in [0.5, 0.6) is 0 Å². The zero-order valence-corrected chi connectivity index (χ0v) is 15.4. The maximum atomic E-state index is 14.8. The lowest BCUT2D eigenvalue weighted by molar-refractivity contribution is 0.408. The number of benzene rings is 3. The van der Waals surface area contributed by atoms with Gasteiger partial charge in [-0.1, -0.05) is 0 Å². The third-order valence-electron chi connectivity index (χ3n) is 4.87. The molecule has 0 N–H and O–H groups in total. The molecule has 0 fully saturated rings. The average Bonchev–Trinajstić information content (AvgIpc) is 2.76. The van der Waals surface area contributed by atoms with Gasteiger partial charge in [0.1, 0.15) is 0 Å². The minimum atomic E-state index is -2.32. The van der Waals surface area contributed by atoms with Crippen molar-refractivity contribution in [2.75, 3.05) is 0 Å². The summed E-state index contributed by atoms with van der Waals surface area (Å²) in [7, 11) is 0. The summed E-state index contributed by atoms with van der Waals surface area (Å²) in [6.45, 7) is 0.765. The Balaban J connectivity index is 2.40. The second kappa shape index (κ2) is 7.11. The molecule has 0 spiro atoms. The third-order valence-corrected chi connectivity index (χ3v) is 4.87. The van der Waals surface area contributed by atoms with Crippen LogP contribution in [-0.2, 0) is 0 Å². The lowest BCUT2D eigenvalue weighted by Gasteiger charge is -2.19. The second-order valence-corrected chi connectivity index (χ2v) is 6.60. The molecule has 32 heavy (non-hydrogen) atoms. The highest BCUT2D eigenvalue weighted by Crippen LogP contribution is 2.46. The number of hydrogen-bond donors (Lipinski definition) is 0. The Kier molecular flexibility index (Phi) is 4.75. The molecule has 1 aliphatic carbocycles. The lowest BCUT2D eigenvalue weighted by Crippen LogP contribution is -2.14. The SMILES string of the molecule is Cc1c(F)c(F)c(F)c(F)c1-c1c2cc(F)c(=O)c(F)c-2oc2c(F)c(N=O)c(F)cc12. The van der Waals surface area contributed by atoms with E-state index >= 15 is 0 Å². The van der Waals surface area contributed by atoms with Crippen LogP contribution in [0.4, 0.5) is 40.8 Å². The molecule has 4 nitrogen and oxygen atoms in total. The smallest absolute Gasteiger partial charge is 0.253 e. The van der Waals surface area contributed by atoms with Crippen molar-refractivity contribution < 1.29 is 39.5 Å². The van der Waals surface area contributed by atoms with Crippen LogP contribution < -0.4 is 5.43 Å². The Bertz CT molecular complexity index is 1480. The standard InChI is InChI=1S/C20H5F8NO3/c1-4-9(12(24)14(26)13(25)11(4)23)10-5-2-7(21)17(29-31)15(27)19(5)32-20-6(10)3-8(22)18(30)16(20)28/h2-3H,1H3. The molecule has 1 aliphatic heterocycles. The minimum absolute atomic E-state index is 0.290. The predicted molar refractivity (Wildman–Crippen MR) is 94.4 cm³/mol. The van der Waals surface area contributed by atoms with Gasteiger partial charge < -0.3 is 4.42 Å². The van der Waals surface area contributed by atoms with Crippen LogP contribution in [0.3, 0.4) is 0 Å². The fourth-order valence-electron chi connectivity index (χ4n) is 3.39. The first-order valence-electron chi connectivity index (χ1n) is 8.44. The number of nitrogens with zero attached hydrogens (tertiary/aromatic N) is 1. The van der Waals surface area contributed by atoms with Crippen molar-refractivity contribution in [1.29, 1.82) is 0 Å². The van der Waals surface area contributed by atoms with Crippen LogP contribution in [-0.4, -0.2) is 0 Å². The summed E-state index contributed by atoms with van der Waals surface area (Å²) in [6, 6.07) is 0.630. The van der Waals surface area contributed by atoms with E-state index in [-0.39, 0.29) is 0 Å². The number of fused-ring (bicyclic) bond motifs is 2. The Hall–Kier alpha value is -3.83. The van der Waals surface area contributed by atoms with Gasteiger partial charge >= 0.3 is 0 Å². The van der Waals surface area contributed by atoms with Crippen molar-refractivity contribution in [3.63, 3.8) is 0 Å². The number of nitroso groups, excluding NO2 is 1. The van der Waals surface area contributed by atoms with Gasteiger partial charge in [0.25, 0.3) is 5.43 Å². The molecule has 2 aromatic rings. The van der Waals surface area contributed by atoms with Gasteiger partial charge in [0.05, 0.1) is 0 Å². The highest BCUT2D eigenvalue weighted by Gasteiger charge is 2.32. The molecule has 12 heteroatoms. The minimum Gasteiger partial charge on any atom is -0.450 e. The lowest BCUT2D eigenvalue weighted by atomic mass is 9.89.